The molecule has 1 aromatic rings. The summed E-state index contributed by atoms with van der Waals surface area (Å²) in [6, 6.07) is 8.37. The van der Waals surface area contributed by atoms with Crippen molar-refractivity contribution in [2.45, 2.75) is 60.0 Å². The van der Waals surface area contributed by atoms with Gasteiger partial charge in [-0.05, 0) is 77.7 Å². The molecule has 0 unspecified atom stereocenters. The van der Waals surface area contributed by atoms with E-state index in [2.05, 4.69) is 56.4 Å². The zero-order valence-electron chi connectivity index (χ0n) is 20.0. The molecule has 0 radical (unpaired) electrons. The van der Waals surface area contributed by atoms with Gasteiger partial charge in [0.05, 0.1) is 0 Å². The molecule has 3 N–H and O–H groups in total. The number of ether oxygens (including phenoxy) is 1. The summed E-state index contributed by atoms with van der Waals surface area (Å²) >= 11 is 0. The van der Waals surface area contributed by atoms with Crippen LogP contribution in [0.25, 0.3) is 0 Å². The summed E-state index contributed by atoms with van der Waals surface area (Å²) in [6.07, 6.45) is 3.68. The fourth-order valence-corrected chi connectivity index (χ4v) is 3.52. The zero-order chi connectivity index (χ0) is 23.6. The highest BCUT2D eigenvalue weighted by molar-refractivity contribution is 5.68. The van der Waals surface area contributed by atoms with Crippen LogP contribution in [0.5, 0.6) is 0 Å². The Morgan fingerprint density at radius 1 is 1.29 bits per heavy atom. The molecule has 0 aliphatic carbocycles. The number of aryl methyl sites for hydroxylation is 1. The first-order valence-electron chi connectivity index (χ1n) is 10.8. The third kappa shape index (κ3) is 9.28. The molecule has 31 heavy (non-hydrogen) atoms. The number of allylic oxidation sites excluding steroid dienone is 3. The summed E-state index contributed by atoms with van der Waals surface area (Å²) in [5.41, 5.74) is 11.7. The largest absolute Gasteiger partial charge is 0.444 e. The SMILES string of the molecule is C=O.CC(/C=C(\C)CNc1cccc(C)c1)=C(/N)C1CCN(C(=O)OC(C)(C)C)CC1.[HH]. The summed E-state index contributed by atoms with van der Waals surface area (Å²) < 4.78 is 5.47. The quantitative estimate of drug-likeness (QED) is 0.619. The van der Waals surface area contributed by atoms with Gasteiger partial charge in [-0.2, -0.15) is 0 Å². The van der Waals surface area contributed by atoms with E-state index in [1.807, 2.05) is 27.6 Å². The van der Waals surface area contributed by atoms with Crippen molar-refractivity contribution in [3.05, 3.63) is 52.7 Å². The number of benzene rings is 1. The second kappa shape index (κ2) is 12.2. The van der Waals surface area contributed by atoms with Crippen molar-refractivity contribution in [2.24, 2.45) is 11.7 Å². The number of nitrogens with one attached hydrogen (secondary N) is 1. The molecule has 1 aliphatic heterocycles. The van der Waals surface area contributed by atoms with Crippen molar-refractivity contribution in [1.82, 2.24) is 4.90 Å². The minimum absolute atomic E-state index is 0. The highest BCUT2D eigenvalue weighted by Crippen LogP contribution is 2.25. The number of nitrogens with two attached hydrogens (primary N) is 1. The van der Waals surface area contributed by atoms with Crippen molar-refractivity contribution in [3.63, 3.8) is 0 Å². The van der Waals surface area contributed by atoms with Gasteiger partial charge in [0.25, 0.3) is 0 Å². The van der Waals surface area contributed by atoms with Crippen molar-refractivity contribution in [3.8, 4) is 0 Å². The fourth-order valence-electron chi connectivity index (χ4n) is 3.52. The van der Waals surface area contributed by atoms with Crippen LogP contribution in [0.2, 0.25) is 0 Å². The minimum Gasteiger partial charge on any atom is -0.444 e. The molecular formula is C25H41N3O3. The number of hydrogen-bond acceptors (Lipinski definition) is 5. The molecule has 0 aromatic heterocycles. The summed E-state index contributed by atoms with van der Waals surface area (Å²) in [5, 5.41) is 3.46. The maximum absolute atomic E-state index is 12.2. The van der Waals surface area contributed by atoms with Gasteiger partial charge in [-0.15, -0.1) is 0 Å². The minimum atomic E-state index is -0.460. The highest BCUT2D eigenvalue weighted by Gasteiger charge is 2.28. The maximum atomic E-state index is 12.2. The van der Waals surface area contributed by atoms with E-state index < -0.39 is 5.60 Å². The van der Waals surface area contributed by atoms with E-state index >= 15 is 0 Å². The van der Waals surface area contributed by atoms with Gasteiger partial charge in [-0.25, -0.2) is 4.79 Å². The number of nitrogens with zero attached hydrogens (tertiary/aromatic N) is 1. The third-order valence-electron chi connectivity index (χ3n) is 5.09. The summed E-state index contributed by atoms with van der Waals surface area (Å²) in [6.45, 7) is 16.1. The molecule has 0 atom stereocenters. The van der Waals surface area contributed by atoms with Crippen LogP contribution in [0, 0.1) is 12.8 Å². The van der Waals surface area contributed by atoms with Gasteiger partial charge in [0.15, 0.2) is 0 Å². The number of carbonyl (C=O) groups excluding carboxylic acids is 2. The molecule has 1 aliphatic rings. The lowest BCUT2D eigenvalue weighted by atomic mass is 9.91. The van der Waals surface area contributed by atoms with Gasteiger partial charge in [-0.1, -0.05) is 23.8 Å². The number of piperidine rings is 1. The van der Waals surface area contributed by atoms with Gasteiger partial charge < -0.3 is 25.5 Å². The molecule has 0 saturated carbocycles. The van der Waals surface area contributed by atoms with Crippen molar-refractivity contribution in [1.29, 1.82) is 0 Å². The lowest BCUT2D eigenvalue weighted by Gasteiger charge is -2.34. The van der Waals surface area contributed by atoms with E-state index in [4.69, 9.17) is 15.3 Å². The van der Waals surface area contributed by atoms with E-state index in [1.54, 1.807) is 4.90 Å². The van der Waals surface area contributed by atoms with E-state index in [-0.39, 0.29) is 7.52 Å². The summed E-state index contributed by atoms with van der Waals surface area (Å²) in [7, 11) is 0. The molecule has 1 saturated heterocycles. The Labute approximate surface area is 189 Å². The average Bonchev–Trinajstić information content (AvgIpc) is 2.72. The van der Waals surface area contributed by atoms with Gasteiger partial charge in [-0.3, -0.25) is 0 Å². The van der Waals surface area contributed by atoms with Gasteiger partial charge in [0, 0.05) is 38.4 Å². The molecule has 2 rings (SSSR count). The Hall–Kier alpha value is -2.76. The highest BCUT2D eigenvalue weighted by atomic mass is 16.6. The molecule has 0 spiro atoms. The summed E-state index contributed by atoms with van der Waals surface area (Å²) in [4.78, 5) is 22.0. The topological polar surface area (TPSA) is 84.7 Å². The molecule has 1 amide bonds. The predicted molar refractivity (Wildman–Crippen MR) is 130 cm³/mol. The van der Waals surface area contributed by atoms with Gasteiger partial charge in [0.2, 0.25) is 0 Å². The molecule has 0 bridgehead atoms. The van der Waals surface area contributed by atoms with Gasteiger partial charge in [0.1, 0.15) is 12.4 Å². The normalized spacial score (nSPS) is 16.1. The van der Waals surface area contributed by atoms with Crippen LogP contribution in [0.1, 0.15) is 54.5 Å². The molecular weight excluding hydrogens is 390 g/mol. The maximum Gasteiger partial charge on any atom is 0.410 e. The van der Waals surface area contributed by atoms with Crippen LogP contribution in [-0.4, -0.2) is 43.0 Å². The van der Waals surface area contributed by atoms with E-state index in [0.717, 1.165) is 36.3 Å². The fraction of sp³-hybridized carbons (Fsp3) is 0.520. The van der Waals surface area contributed by atoms with Gasteiger partial charge >= 0.3 is 6.09 Å². The first-order chi connectivity index (χ1) is 14.5. The Kier molecular flexibility index (Phi) is 10.3. The predicted octanol–water partition coefficient (Wildman–Crippen LogP) is 5.29. The van der Waals surface area contributed by atoms with Crippen LogP contribution in [-0.2, 0) is 9.53 Å². The number of likely N-dealkylation sites (tertiary alicyclic amines) is 1. The van der Waals surface area contributed by atoms with Crippen LogP contribution < -0.4 is 11.1 Å². The molecule has 6 nitrogen and oxygen atoms in total. The van der Waals surface area contributed by atoms with Crippen LogP contribution in [0.4, 0.5) is 10.5 Å². The number of amides is 1. The standard InChI is InChI=1S/C24H37N3O2.CH2O.H2/c1-17-8-7-9-21(15-17)26-16-18(2)14-19(3)22(25)20-10-12-27(13-11-20)23(28)29-24(4,5)6;1-2;/h7-9,14-15,20,26H,10-13,16,25H2,1-6H3;1H2;1H/b18-14+,22-19-;;. The van der Waals surface area contributed by atoms with Crippen LogP contribution in [0.15, 0.2) is 47.2 Å². The monoisotopic (exact) mass is 431 g/mol. The Bertz CT molecular complexity index is 792. The zero-order valence-corrected chi connectivity index (χ0v) is 20.0. The van der Waals surface area contributed by atoms with E-state index in [1.165, 1.54) is 11.1 Å². The molecule has 1 heterocycles. The second-order valence-corrected chi connectivity index (χ2v) is 9.09. The first-order valence-corrected chi connectivity index (χ1v) is 10.8. The van der Waals surface area contributed by atoms with Crippen molar-refractivity contribution < 1.29 is 15.8 Å². The first kappa shape index (κ1) is 26.3. The Morgan fingerprint density at radius 3 is 2.45 bits per heavy atom. The Morgan fingerprint density at radius 2 is 1.90 bits per heavy atom. The van der Waals surface area contributed by atoms with E-state index in [0.29, 0.717) is 19.0 Å². The van der Waals surface area contributed by atoms with E-state index in [9.17, 15) is 4.79 Å². The lowest BCUT2D eigenvalue weighted by molar-refractivity contribution is -0.0980. The van der Waals surface area contributed by atoms with Crippen LogP contribution >= 0.6 is 0 Å². The molecule has 174 valence electrons. The molecule has 1 fully saturated rings. The smallest absolute Gasteiger partial charge is 0.410 e. The Balaban J connectivity index is 0.00000311. The number of carbonyl (C=O) groups is 2. The van der Waals surface area contributed by atoms with Crippen molar-refractivity contribution >= 4 is 18.6 Å². The van der Waals surface area contributed by atoms with Crippen molar-refractivity contribution in [2.75, 3.05) is 25.0 Å². The summed E-state index contributed by atoms with van der Waals surface area (Å²) in [5.74, 6) is 0.308. The number of anilines is 1. The average molecular weight is 432 g/mol. The number of hydrogen-bond donors (Lipinski definition) is 2. The molecule has 6 heteroatoms. The van der Waals surface area contributed by atoms with Crippen LogP contribution in [0.3, 0.4) is 0 Å². The second-order valence-electron chi connectivity index (χ2n) is 9.09. The number of rotatable bonds is 5. The molecule has 1 aromatic carbocycles. The third-order valence-corrected chi connectivity index (χ3v) is 5.09. The lowest BCUT2D eigenvalue weighted by Crippen LogP contribution is -2.42.